The molecule has 2 aromatic heterocycles. The highest BCUT2D eigenvalue weighted by Gasteiger charge is 2.18. The molecule has 0 aliphatic carbocycles. The van der Waals surface area contributed by atoms with E-state index >= 15 is 0 Å². The van der Waals surface area contributed by atoms with Gasteiger partial charge in [0.1, 0.15) is 11.2 Å². The third kappa shape index (κ3) is 5.54. The number of furan rings is 1. The number of aromatic nitrogens is 3. The number of fused-ring (bicyclic) bond motifs is 5. The van der Waals surface area contributed by atoms with Crippen LogP contribution in [0, 0.1) is 0 Å². The third-order valence-electron chi connectivity index (χ3n) is 9.96. The zero-order chi connectivity index (χ0) is 35.1. The van der Waals surface area contributed by atoms with Gasteiger partial charge < -0.3 is 4.42 Å². The second-order valence-electron chi connectivity index (χ2n) is 13.2. The van der Waals surface area contributed by atoms with Gasteiger partial charge in [0.15, 0.2) is 17.5 Å². The predicted octanol–water partition coefficient (Wildman–Crippen LogP) is 12.9. The molecule has 2 heterocycles. The summed E-state index contributed by atoms with van der Waals surface area (Å²) in [7, 11) is 0. The van der Waals surface area contributed by atoms with Crippen LogP contribution >= 0.6 is 0 Å². The number of rotatable bonds is 6. The molecular formula is C49H31N3O. The highest BCUT2D eigenvalue weighted by atomic mass is 16.3. The molecule has 0 N–H and O–H groups in total. The highest BCUT2D eigenvalue weighted by Crippen LogP contribution is 2.42. The average Bonchev–Trinajstić information content (AvgIpc) is 3.63. The lowest BCUT2D eigenvalue weighted by Gasteiger charge is -2.10. The van der Waals surface area contributed by atoms with Gasteiger partial charge in [-0.2, -0.15) is 0 Å². The van der Waals surface area contributed by atoms with Crippen LogP contribution in [0.3, 0.4) is 0 Å². The van der Waals surface area contributed by atoms with Crippen LogP contribution in [0.1, 0.15) is 0 Å². The van der Waals surface area contributed by atoms with E-state index in [2.05, 4.69) is 152 Å². The molecule has 0 amide bonds. The summed E-state index contributed by atoms with van der Waals surface area (Å²) >= 11 is 0. The van der Waals surface area contributed by atoms with Crippen LogP contribution in [0.5, 0.6) is 0 Å². The van der Waals surface area contributed by atoms with E-state index in [4.69, 9.17) is 19.4 Å². The lowest BCUT2D eigenvalue weighted by atomic mass is 9.95. The summed E-state index contributed by atoms with van der Waals surface area (Å²) < 4.78 is 6.79. The van der Waals surface area contributed by atoms with Crippen LogP contribution in [-0.2, 0) is 0 Å². The predicted molar refractivity (Wildman–Crippen MR) is 217 cm³/mol. The van der Waals surface area contributed by atoms with Gasteiger partial charge in [0, 0.05) is 38.4 Å². The summed E-state index contributed by atoms with van der Waals surface area (Å²) in [6.45, 7) is 0. The lowest BCUT2D eigenvalue weighted by molar-refractivity contribution is 0.674. The molecule has 10 rings (SSSR count). The Morgan fingerprint density at radius 1 is 0.264 bits per heavy atom. The maximum Gasteiger partial charge on any atom is 0.164 e. The molecule has 0 spiro atoms. The van der Waals surface area contributed by atoms with Crippen molar-refractivity contribution in [3.63, 3.8) is 0 Å². The minimum absolute atomic E-state index is 0.620. The SMILES string of the molecule is c1ccc(-c2ccc(-c3nc(-c4ccccc4)nc(-c4ccc(-c5cccc6c5oc5c7ccccc7c(-c7ccccc7)cc65)cc4)n3)cc2)cc1. The topological polar surface area (TPSA) is 51.8 Å². The smallest absolute Gasteiger partial charge is 0.164 e. The van der Waals surface area contributed by atoms with Crippen molar-refractivity contribution in [2.24, 2.45) is 0 Å². The normalized spacial score (nSPS) is 11.4. The van der Waals surface area contributed by atoms with Crippen LogP contribution in [0.4, 0.5) is 0 Å². The van der Waals surface area contributed by atoms with Gasteiger partial charge in [0.05, 0.1) is 0 Å². The first-order valence-electron chi connectivity index (χ1n) is 17.8. The highest BCUT2D eigenvalue weighted by molar-refractivity contribution is 6.20. The van der Waals surface area contributed by atoms with Gasteiger partial charge >= 0.3 is 0 Å². The molecule has 0 saturated heterocycles. The molecule has 10 aromatic rings. The van der Waals surface area contributed by atoms with Crippen molar-refractivity contribution in [1.82, 2.24) is 15.0 Å². The summed E-state index contributed by atoms with van der Waals surface area (Å²) in [5, 5.41) is 4.49. The largest absolute Gasteiger partial charge is 0.455 e. The maximum atomic E-state index is 6.79. The molecule has 0 atom stereocenters. The van der Waals surface area contributed by atoms with Gasteiger partial charge in [-0.25, -0.2) is 15.0 Å². The van der Waals surface area contributed by atoms with Crippen molar-refractivity contribution in [2.45, 2.75) is 0 Å². The zero-order valence-corrected chi connectivity index (χ0v) is 28.6. The fraction of sp³-hybridized carbons (Fsp3) is 0. The van der Waals surface area contributed by atoms with Crippen molar-refractivity contribution < 1.29 is 4.42 Å². The van der Waals surface area contributed by atoms with Gasteiger partial charge in [0.25, 0.3) is 0 Å². The van der Waals surface area contributed by atoms with Gasteiger partial charge in [-0.05, 0) is 39.3 Å². The monoisotopic (exact) mass is 677 g/mol. The van der Waals surface area contributed by atoms with Crippen LogP contribution in [0.25, 0.3) is 100 Å². The molecule has 0 unspecified atom stereocenters. The fourth-order valence-electron chi connectivity index (χ4n) is 7.30. The Morgan fingerprint density at radius 3 is 1.26 bits per heavy atom. The van der Waals surface area contributed by atoms with Crippen molar-refractivity contribution in [3.8, 4) is 67.5 Å². The van der Waals surface area contributed by atoms with Crippen LogP contribution in [0.15, 0.2) is 192 Å². The summed E-state index contributed by atoms with van der Waals surface area (Å²) in [6.07, 6.45) is 0. The second-order valence-corrected chi connectivity index (χ2v) is 13.2. The Balaban J connectivity index is 1.06. The molecule has 0 radical (unpaired) electrons. The van der Waals surface area contributed by atoms with Gasteiger partial charge in [-0.3, -0.25) is 0 Å². The minimum Gasteiger partial charge on any atom is -0.455 e. The first-order valence-corrected chi connectivity index (χ1v) is 17.8. The van der Waals surface area contributed by atoms with Crippen LogP contribution in [-0.4, -0.2) is 15.0 Å². The molecule has 53 heavy (non-hydrogen) atoms. The molecule has 0 fully saturated rings. The molecule has 8 aromatic carbocycles. The van der Waals surface area contributed by atoms with Crippen molar-refractivity contribution in [3.05, 3.63) is 188 Å². The quantitative estimate of drug-likeness (QED) is 0.176. The Hall–Kier alpha value is -7.17. The minimum atomic E-state index is 0.620. The third-order valence-corrected chi connectivity index (χ3v) is 9.96. The van der Waals surface area contributed by atoms with Crippen molar-refractivity contribution >= 4 is 32.7 Å². The molecule has 0 aliphatic rings. The van der Waals surface area contributed by atoms with Gasteiger partial charge in [-0.15, -0.1) is 0 Å². The van der Waals surface area contributed by atoms with Gasteiger partial charge in [-0.1, -0.05) is 182 Å². The number of nitrogens with zero attached hydrogens (tertiary/aromatic N) is 3. The Bertz CT molecular complexity index is 2900. The molecule has 248 valence electrons. The molecular weight excluding hydrogens is 647 g/mol. The van der Waals surface area contributed by atoms with Crippen LogP contribution in [0.2, 0.25) is 0 Å². The van der Waals surface area contributed by atoms with E-state index in [1.165, 1.54) is 22.1 Å². The average molecular weight is 678 g/mol. The number of hydrogen-bond donors (Lipinski definition) is 0. The zero-order valence-electron chi connectivity index (χ0n) is 28.6. The summed E-state index contributed by atoms with van der Waals surface area (Å²) in [5.41, 5.74) is 11.4. The lowest BCUT2D eigenvalue weighted by Crippen LogP contribution is -2.00. The molecule has 0 bridgehead atoms. The van der Waals surface area contributed by atoms with Crippen molar-refractivity contribution in [2.75, 3.05) is 0 Å². The number of para-hydroxylation sites is 1. The first-order chi connectivity index (χ1) is 26.3. The summed E-state index contributed by atoms with van der Waals surface area (Å²) in [5.74, 6) is 1.89. The Kier molecular flexibility index (Phi) is 7.43. The van der Waals surface area contributed by atoms with E-state index in [0.29, 0.717) is 17.5 Å². The van der Waals surface area contributed by atoms with Crippen molar-refractivity contribution in [1.29, 1.82) is 0 Å². The van der Waals surface area contributed by atoms with Crippen LogP contribution < -0.4 is 0 Å². The first kappa shape index (κ1) is 30.6. The number of hydrogen-bond acceptors (Lipinski definition) is 4. The fourth-order valence-corrected chi connectivity index (χ4v) is 7.30. The standard InChI is InChI=1S/C49H31N3O/c1-4-13-32(14-5-1)33-23-27-37(28-24-33)48-50-47(36-17-8-3-9-18-36)51-49(52-48)38-29-25-35(26-30-38)39-21-12-22-42-44-31-43(34-15-6-2-7-16-34)40-19-10-11-20-41(40)46(44)53-45(39)42/h1-31H. The Morgan fingerprint density at radius 2 is 0.660 bits per heavy atom. The van der Waals surface area contributed by atoms with Gasteiger partial charge in [0.2, 0.25) is 0 Å². The Labute approximate surface area is 306 Å². The van der Waals surface area contributed by atoms with E-state index in [9.17, 15) is 0 Å². The summed E-state index contributed by atoms with van der Waals surface area (Å²) in [6, 6.07) is 65.1. The molecule has 0 aliphatic heterocycles. The number of benzene rings is 8. The van der Waals surface area contributed by atoms with E-state index in [1.807, 2.05) is 36.4 Å². The second kappa shape index (κ2) is 12.9. The molecule has 4 nitrogen and oxygen atoms in total. The van der Waals surface area contributed by atoms with E-state index in [1.54, 1.807) is 0 Å². The summed E-state index contributed by atoms with van der Waals surface area (Å²) in [4.78, 5) is 14.9. The van der Waals surface area contributed by atoms with E-state index < -0.39 is 0 Å². The van der Waals surface area contributed by atoms with E-state index in [-0.39, 0.29) is 0 Å². The maximum absolute atomic E-state index is 6.79. The molecule has 4 heteroatoms. The molecule has 0 saturated carbocycles. The van der Waals surface area contributed by atoms with E-state index in [0.717, 1.165) is 60.7 Å².